The van der Waals surface area contributed by atoms with Crippen molar-refractivity contribution in [3.63, 3.8) is 0 Å². The van der Waals surface area contributed by atoms with Gasteiger partial charge in [-0.1, -0.05) is 0 Å². The van der Waals surface area contributed by atoms with E-state index in [9.17, 15) is 9.59 Å². The molecule has 0 saturated heterocycles. The number of amides is 1. The number of aromatic nitrogens is 1. The Morgan fingerprint density at radius 1 is 1.18 bits per heavy atom. The first-order valence-corrected chi connectivity index (χ1v) is 8.39. The molecule has 1 atom stereocenters. The van der Waals surface area contributed by atoms with Crippen molar-refractivity contribution in [1.82, 2.24) is 9.04 Å². The second kappa shape index (κ2) is 5.93. The standard InChI is InChI=1S/C16H14N2O3Se/c1-10(11-6-8-12(9-7-11)15(19)17-21)18-16(20)13-4-2-3-5-14(13)22-18/h2-10,21H,1H3,(H,17,19). The fourth-order valence-electron chi connectivity index (χ4n) is 2.36. The van der Waals surface area contributed by atoms with E-state index in [-0.39, 0.29) is 26.3 Å². The van der Waals surface area contributed by atoms with Crippen LogP contribution in [-0.2, 0) is 0 Å². The number of rotatable bonds is 3. The Kier molecular flexibility index (Phi) is 3.98. The van der Waals surface area contributed by atoms with Crippen molar-refractivity contribution in [1.29, 1.82) is 0 Å². The van der Waals surface area contributed by atoms with E-state index in [4.69, 9.17) is 5.21 Å². The summed E-state index contributed by atoms with van der Waals surface area (Å²) >= 11 is -0.0335. The number of carbonyl (C=O) groups excluding carboxylic acids is 1. The molecule has 0 fully saturated rings. The molecular weight excluding hydrogens is 347 g/mol. The van der Waals surface area contributed by atoms with Crippen LogP contribution in [0.2, 0.25) is 0 Å². The van der Waals surface area contributed by atoms with Gasteiger partial charge >= 0.3 is 132 Å². The predicted molar refractivity (Wildman–Crippen MR) is 84.7 cm³/mol. The Bertz CT molecular complexity index is 880. The van der Waals surface area contributed by atoms with E-state index in [1.807, 2.05) is 46.9 Å². The van der Waals surface area contributed by atoms with Crippen molar-refractivity contribution in [2.45, 2.75) is 13.0 Å². The van der Waals surface area contributed by atoms with Crippen LogP contribution in [0.25, 0.3) is 9.65 Å². The van der Waals surface area contributed by atoms with Gasteiger partial charge in [-0.05, 0) is 0 Å². The second-order valence-corrected chi connectivity index (χ2v) is 7.09. The summed E-state index contributed by atoms with van der Waals surface area (Å²) in [5.41, 5.74) is 2.99. The monoisotopic (exact) mass is 362 g/mol. The average molecular weight is 361 g/mol. The molecule has 2 aromatic carbocycles. The summed E-state index contributed by atoms with van der Waals surface area (Å²) in [4.78, 5) is 23.8. The molecule has 0 saturated carbocycles. The molecule has 0 aliphatic rings. The summed E-state index contributed by atoms with van der Waals surface area (Å²) in [6.45, 7) is 1.98. The van der Waals surface area contributed by atoms with Gasteiger partial charge in [-0.25, -0.2) is 0 Å². The minimum absolute atomic E-state index is 0.0335. The van der Waals surface area contributed by atoms with Gasteiger partial charge in [0.1, 0.15) is 0 Å². The van der Waals surface area contributed by atoms with Gasteiger partial charge in [-0.2, -0.15) is 0 Å². The Balaban J connectivity index is 1.99. The zero-order valence-corrected chi connectivity index (χ0v) is 13.5. The summed E-state index contributed by atoms with van der Waals surface area (Å²) in [7, 11) is 0. The van der Waals surface area contributed by atoms with E-state index in [1.165, 1.54) is 0 Å². The fraction of sp³-hybridized carbons (Fsp3) is 0.125. The summed E-state index contributed by atoms with van der Waals surface area (Å²) in [5.74, 6) is -0.548. The van der Waals surface area contributed by atoms with E-state index >= 15 is 0 Å². The van der Waals surface area contributed by atoms with Gasteiger partial charge in [0.05, 0.1) is 0 Å². The van der Waals surface area contributed by atoms with Crippen LogP contribution in [0, 0.1) is 0 Å². The Hall–Kier alpha value is -2.14. The zero-order chi connectivity index (χ0) is 15.7. The average Bonchev–Trinajstić information content (AvgIpc) is 2.91. The van der Waals surface area contributed by atoms with Gasteiger partial charge in [0, 0.05) is 0 Å². The maximum absolute atomic E-state index is 12.5. The first kappa shape index (κ1) is 14.8. The minimum atomic E-state index is -0.548. The SMILES string of the molecule is CC(c1ccc(C(=O)NO)cc1)n1[se]c2ccccc2c1=O. The number of nitrogens with zero attached hydrogens (tertiary/aromatic N) is 1. The molecule has 0 aliphatic heterocycles. The molecule has 6 heteroatoms. The maximum atomic E-state index is 12.5. The fourth-order valence-corrected chi connectivity index (χ4v) is 4.59. The molecule has 3 rings (SSSR count). The van der Waals surface area contributed by atoms with Gasteiger partial charge in [-0.15, -0.1) is 0 Å². The van der Waals surface area contributed by atoms with Crippen LogP contribution in [0.15, 0.2) is 53.3 Å². The quantitative estimate of drug-likeness (QED) is 0.425. The van der Waals surface area contributed by atoms with Crippen molar-refractivity contribution < 1.29 is 10.0 Å². The number of hydrogen-bond donors (Lipinski definition) is 2. The molecule has 0 bridgehead atoms. The second-order valence-electron chi connectivity index (χ2n) is 4.96. The summed E-state index contributed by atoms with van der Waals surface area (Å²) in [6.07, 6.45) is 0. The molecule has 1 amide bonds. The van der Waals surface area contributed by atoms with Gasteiger partial charge < -0.3 is 0 Å². The van der Waals surface area contributed by atoms with Crippen LogP contribution >= 0.6 is 0 Å². The third-order valence-corrected chi connectivity index (χ3v) is 6.21. The number of hydroxylamine groups is 1. The van der Waals surface area contributed by atoms with Gasteiger partial charge in [0.25, 0.3) is 0 Å². The first-order chi connectivity index (χ1) is 10.6. The Labute approximate surface area is 132 Å². The molecule has 0 aliphatic carbocycles. The number of benzene rings is 2. The van der Waals surface area contributed by atoms with Crippen molar-refractivity contribution in [2.75, 3.05) is 0 Å². The van der Waals surface area contributed by atoms with E-state index in [1.54, 1.807) is 17.6 Å². The van der Waals surface area contributed by atoms with Crippen LogP contribution in [-0.4, -0.2) is 29.4 Å². The first-order valence-electron chi connectivity index (χ1n) is 6.77. The summed E-state index contributed by atoms with van der Waals surface area (Å²) in [6, 6.07) is 14.5. The molecule has 1 heterocycles. The molecule has 2 N–H and O–H groups in total. The summed E-state index contributed by atoms with van der Waals surface area (Å²) in [5, 5.41) is 9.41. The van der Waals surface area contributed by atoms with E-state index < -0.39 is 5.91 Å². The Morgan fingerprint density at radius 3 is 2.50 bits per heavy atom. The molecule has 5 nitrogen and oxygen atoms in total. The van der Waals surface area contributed by atoms with E-state index in [0.29, 0.717) is 5.56 Å². The van der Waals surface area contributed by atoms with E-state index in [0.717, 1.165) is 15.2 Å². The molecule has 112 valence electrons. The van der Waals surface area contributed by atoms with Crippen molar-refractivity contribution in [3.05, 3.63) is 70.0 Å². The number of carbonyl (C=O) groups is 1. The topological polar surface area (TPSA) is 71.3 Å². The summed E-state index contributed by atoms with van der Waals surface area (Å²) < 4.78 is 2.97. The van der Waals surface area contributed by atoms with Crippen molar-refractivity contribution in [3.8, 4) is 0 Å². The zero-order valence-electron chi connectivity index (χ0n) is 11.8. The van der Waals surface area contributed by atoms with Crippen molar-refractivity contribution in [2.24, 2.45) is 0 Å². The van der Waals surface area contributed by atoms with E-state index in [2.05, 4.69) is 0 Å². The molecular formula is C16H14N2O3Se. The normalized spacial score (nSPS) is 12.3. The third kappa shape index (κ3) is 2.52. The van der Waals surface area contributed by atoms with Crippen LogP contribution in [0.5, 0.6) is 0 Å². The number of nitrogens with one attached hydrogen (secondary N) is 1. The van der Waals surface area contributed by atoms with Gasteiger partial charge in [0.15, 0.2) is 0 Å². The third-order valence-electron chi connectivity index (χ3n) is 3.62. The molecule has 0 spiro atoms. The predicted octanol–water partition coefficient (Wildman–Crippen LogP) is 1.79. The Morgan fingerprint density at radius 2 is 1.86 bits per heavy atom. The van der Waals surface area contributed by atoms with Crippen LogP contribution < -0.4 is 11.0 Å². The van der Waals surface area contributed by atoms with Crippen LogP contribution in [0.3, 0.4) is 0 Å². The van der Waals surface area contributed by atoms with Crippen molar-refractivity contribution >= 4 is 30.3 Å². The van der Waals surface area contributed by atoms with Crippen LogP contribution in [0.1, 0.15) is 28.9 Å². The van der Waals surface area contributed by atoms with Gasteiger partial charge in [-0.3, -0.25) is 0 Å². The molecule has 1 aromatic heterocycles. The number of hydrogen-bond acceptors (Lipinski definition) is 3. The molecule has 22 heavy (non-hydrogen) atoms. The number of fused-ring (bicyclic) bond motifs is 1. The molecule has 1 unspecified atom stereocenters. The molecule has 3 aromatic rings. The molecule has 0 radical (unpaired) electrons. The van der Waals surface area contributed by atoms with Crippen LogP contribution in [0.4, 0.5) is 0 Å². The van der Waals surface area contributed by atoms with Gasteiger partial charge in [0.2, 0.25) is 0 Å².